The van der Waals surface area contributed by atoms with Gasteiger partial charge in [0.05, 0.1) is 5.92 Å². The highest BCUT2D eigenvalue weighted by Gasteiger charge is 2.40. The van der Waals surface area contributed by atoms with E-state index in [0.29, 0.717) is 30.6 Å². The lowest BCUT2D eigenvalue weighted by Crippen LogP contribution is -2.54. The van der Waals surface area contributed by atoms with Gasteiger partial charge < -0.3 is 9.42 Å². The van der Waals surface area contributed by atoms with Gasteiger partial charge >= 0.3 is 0 Å². The van der Waals surface area contributed by atoms with E-state index in [-0.39, 0.29) is 23.9 Å². The molecule has 0 bridgehead atoms. The van der Waals surface area contributed by atoms with Crippen LogP contribution < -0.4 is 10.9 Å². The molecule has 3 aromatic rings. The van der Waals surface area contributed by atoms with Gasteiger partial charge in [-0.1, -0.05) is 35.5 Å². The number of aromatic nitrogens is 4. The second-order valence-corrected chi connectivity index (χ2v) is 7.01. The first-order valence-electron chi connectivity index (χ1n) is 9.24. The summed E-state index contributed by atoms with van der Waals surface area (Å²) >= 11 is 0. The summed E-state index contributed by atoms with van der Waals surface area (Å²) < 4.78 is 5.34. The maximum Gasteiger partial charge on any atom is 0.241 e. The maximum absolute atomic E-state index is 12.7. The van der Waals surface area contributed by atoms with E-state index in [0.717, 1.165) is 6.42 Å². The van der Waals surface area contributed by atoms with E-state index in [1.807, 2.05) is 23.1 Å². The summed E-state index contributed by atoms with van der Waals surface area (Å²) in [5, 5.41) is 3.94. The molecule has 0 radical (unpaired) electrons. The number of carbonyl (C=O) groups is 1. The van der Waals surface area contributed by atoms with E-state index < -0.39 is 0 Å². The molecule has 2 aromatic heterocycles. The van der Waals surface area contributed by atoms with Crippen LogP contribution in [0.3, 0.4) is 0 Å². The van der Waals surface area contributed by atoms with Gasteiger partial charge in [0.1, 0.15) is 6.04 Å². The number of carbonyl (C=O) groups excluding carboxylic acids is 1. The van der Waals surface area contributed by atoms with Crippen molar-refractivity contribution >= 4 is 5.91 Å². The Morgan fingerprint density at radius 2 is 1.82 bits per heavy atom. The molecule has 9 nitrogen and oxygen atoms in total. The predicted molar refractivity (Wildman–Crippen MR) is 98.5 cm³/mol. The summed E-state index contributed by atoms with van der Waals surface area (Å²) in [6, 6.07) is 11.8. The number of nitrogens with one attached hydrogen (secondary N) is 2. The number of nitrogens with zero attached hydrogens (tertiary/aromatic N) is 5. The first-order chi connectivity index (χ1) is 13.8. The fourth-order valence-electron chi connectivity index (χ4n) is 3.56. The van der Waals surface area contributed by atoms with Crippen LogP contribution >= 0.6 is 0 Å². The van der Waals surface area contributed by atoms with Crippen LogP contribution in [0.5, 0.6) is 0 Å². The molecule has 142 valence electrons. The highest BCUT2D eigenvalue weighted by atomic mass is 16.5. The minimum Gasteiger partial charge on any atom is -0.340 e. The third-order valence-electron chi connectivity index (χ3n) is 5.15. The van der Waals surface area contributed by atoms with Gasteiger partial charge in [0.25, 0.3) is 0 Å². The summed E-state index contributed by atoms with van der Waals surface area (Å²) in [6.07, 6.45) is 3.99. The quantitative estimate of drug-likeness (QED) is 0.695. The van der Waals surface area contributed by atoms with Crippen LogP contribution in [0.1, 0.15) is 29.8 Å². The summed E-state index contributed by atoms with van der Waals surface area (Å²) in [6.45, 7) is 1.15. The molecule has 2 fully saturated rings. The fourth-order valence-corrected chi connectivity index (χ4v) is 3.56. The minimum atomic E-state index is -0.234. The topological polar surface area (TPSA) is 109 Å². The van der Waals surface area contributed by atoms with E-state index in [1.165, 1.54) is 5.56 Å². The van der Waals surface area contributed by atoms with Gasteiger partial charge in [-0.25, -0.2) is 20.8 Å². The van der Waals surface area contributed by atoms with Gasteiger partial charge in [-0.15, -0.1) is 0 Å². The normalized spacial score (nSPS) is 22.2. The molecule has 9 heteroatoms. The zero-order chi connectivity index (χ0) is 18.9. The lowest BCUT2D eigenvalue weighted by Gasteiger charge is -2.38. The van der Waals surface area contributed by atoms with Gasteiger partial charge in [0, 0.05) is 31.5 Å². The zero-order valence-electron chi connectivity index (χ0n) is 15.0. The molecule has 2 aliphatic rings. The largest absolute Gasteiger partial charge is 0.340 e. The Morgan fingerprint density at radius 3 is 2.61 bits per heavy atom. The summed E-state index contributed by atoms with van der Waals surface area (Å²) in [4.78, 5) is 27.2. The number of likely N-dealkylation sites (tertiary alicyclic amines) is 1. The van der Waals surface area contributed by atoms with E-state index in [9.17, 15) is 4.79 Å². The van der Waals surface area contributed by atoms with Crippen molar-refractivity contribution in [2.24, 2.45) is 0 Å². The van der Waals surface area contributed by atoms with E-state index >= 15 is 0 Å². The predicted octanol–water partition coefficient (Wildman–Crippen LogP) is 1.06. The maximum atomic E-state index is 12.7. The fraction of sp³-hybridized carbons (Fsp3) is 0.316. The van der Waals surface area contributed by atoms with Crippen molar-refractivity contribution in [3.63, 3.8) is 0 Å². The Hall–Kier alpha value is -3.17. The molecule has 4 heterocycles. The zero-order valence-corrected chi connectivity index (χ0v) is 15.0. The van der Waals surface area contributed by atoms with Crippen molar-refractivity contribution in [1.29, 1.82) is 0 Å². The molecule has 2 N–H and O–H groups in total. The third-order valence-corrected chi connectivity index (χ3v) is 5.15. The van der Waals surface area contributed by atoms with Crippen LogP contribution in [-0.2, 0) is 4.79 Å². The summed E-state index contributed by atoms with van der Waals surface area (Å²) in [7, 11) is 0. The molecule has 1 amide bonds. The summed E-state index contributed by atoms with van der Waals surface area (Å²) in [5.41, 5.74) is 7.52. The van der Waals surface area contributed by atoms with Crippen molar-refractivity contribution < 1.29 is 9.32 Å². The van der Waals surface area contributed by atoms with Crippen molar-refractivity contribution in [2.75, 3.05) is 13.1 Å². The number of hydrogen-bond donors (Lipinski definition) is 2. The van der Waals surface area contributed by atoms with Crippen LogP contribution in [0.15, 0.2) is 53.3 Å². The number of hydrogen-bond acceptors (Lipinski definition) is 8. The van der Waals surface area contributed by atoms with Crippen molar-refractivity contribution in [3.8, 4) is 11.6 Å². The molecule has 5 rings (SSSR count). The molecule has 0 spiro atoms. The van der Waals surface area contributed by atoms with E-state index in [2.05, 4.69) is 43.1 Å². The van der Waals surface area contributed by atoms with Gasteiger partial charge in [0.2, 0.25) is 23.4 Å². The molecule has 2 aliphatic heterocycles. The Bertz CT molecular complexity index is 957. The van der Waals surface area contributed by atoms with Crippen LogP contribution in [0, 0.1) is 0 Å². The second kappa shape index (κ2) is 7.10. The standard InChI is InChI=1S/C19H19N7O2/c27-19(15-9-14(23-24-15)12-5-2-1-3-6-12)26-10-13(11-26)18-22-17(25-28-18)16-20-7-4-8-21-16/h1-8,13-15,23-24H,9-11H2. The Balaban J connectivity index is 1.17. The van der Waals surface area contributed by atoms with Gasteiger partial charge in [-0.05, 0) is 18.1 Å². The molecule has 2 saturated heterocycles. The van der Waals surface area contributed by atoms with Crippen LogP contribution in [-0.4, -0.2) is 50.0 Å². The van der Waals surface area contributed by atoms with Crippen molar-refractivity contribution in [2.45, 2.75) is 24.4 Å². The molecule has 2 atom stereocenters. The Labute approximate surface area is 161 Å². The van der Waals surface area contributed by atoms with Crippen LogP contribution in [0.4, 0.5) is 0 Å². The smallest absolute Gasteiger partial charge is 0.241 e. The van der Waals surface area contributed by atoms with Crippen LogP contribution in [0.25, 0.3) is 11.6 Å². The first kappa shape index (κ1) is 17.0. The average molecular weight is 377 g/mol. The molecule has 1 aromatic carbocycles. The first-order valence-corrected chi connectivity index (χ1v) is 9.24. The molecule has 2 unspecified atom stereocenters. The number of benzene rings is 1. The molecule has 0 aliphatic carbocycles. The monoisotopic (exact) mass is 377 g/mol. The van der Waals surface area contributed by atoms with Crippen molar-refractivity contribution in [3.05, 3.63) is 60.2 Å². The third kappa shape index (κ3) is 3.14. The Kier molecular flexibility index (Phi) is 4.30. The minimum absolute atomic E-state index is 0.0493. The molecule has 28 heavy (non-hydrogen) atoms. The summed E-state index contributed by atoms with van der Waals surface area (Å²) in [5.74, 6) is 1.46. The second-order valence-electron chi connectivity index (χ2n) is 7.01. The van der Waals surface area contributed by atoms with Gasteiger partial charge in [0.15, 0.2) is 0 Å². The highest BCUT2D eigenvalue weighted by molar-refractivity contribution is 5.83. The van der Waals surface area contributed by atoms with E-state index in [4.69, 9.17) is 4.52 Å². The number of hydrazine groups is 1. The molecule has 0 saturated carbocycles. The highest BCUT2D eigenvalue weighted by Crippen LogP contribution is 2.29. The lowest BCUT2D eigenvalue weighted by molar-refractivity contribution is -0.138. The Morgan fingerprint density at radius 1 is 1.04 bits per heavy atom. The van der Waals surface area contributed by atoms with Crippen molar-refractivity contribution in [1.82, 2.24) is 35.9 Å². The molecular weight excluding hydrogens is 358 g/mol. The number of rotatable bonds is 4. The average Bonchev–Trinajstić information content (AvgIpc) is 3.38. The number of amides is 1. The van der Waals surface area contributed by atoms with Gasteiger partial charge in [-0.3, -0.25) is 4.79 Å². The van der Waals surface area contributed by atoms with Gasteiger partial charge in [-0.2, -0.15) is 4.98 Å². The molecular formula is C19H19N7O2. The lowest BCUT2D eigenvalue weighted by atomic mass is 9.96. The SMILES string of the molecule is O=C(C1CC(c2ccccc2)NN1)N1CC(c2nc(-c3ncccn3)no2)C1. The van der Waals surface area contributed by atoms with Crippen LogP contribution in [0.2, 0.25) is 0 Å². The van der Waals surface area contributed by atoms with E-state index in [1.54, 1.807) is 18.5 Å².